The van der Waals surface area contributed by atoms with Gasteiger partial charge in [-0.15, -0.1) is 0 Å². The number of rotatable bonds is 5. The highest BCUT2D eigenvalue weighted by molar-refractivity contribution is 8.21. The summed E-state index contributed by atoms with van der Waals surface area (Å²) in [6.07, 6.45) is 0. The van der Waals surface area contributed by atoms with Gasteiger partial charge in [0.05, 0.1) is 6.54 Å². The molecule has 0 fully saturated rings. The summed E-state index contributed by atoms with van der Waals surface area (Å²) in [6, 6.07) is 12.2. The predicted molar refractivity (Wildman–Crippen MR) is 90.1 cm³/mol. The zero-order valence-electron chi connectivity index (χ0n) is 12.3. The molecule has 0 aliphatic carbocycles. The summed E-state index contributed by atoms with van der Waals surface area (Å²) in [5.74, 6) is -1.09. The third-order valence-corrected chi connectivity index (χ3v) is 4.03. The van der Waals surface area contributed by atoms with E-state index in [1.807, 2.05) is 0 Å². The van der Waals surface area contributed by atoms with Crippen molar-refractivity contribution in [2.24, 2.45) is 0 Å². The highest BCUT2D eigenvalue weighted by Crippen LogP contribution is 2.23. The van der Waals surface area contributed by atoms with E-state index in [1.165, 1.54) is 36.2 Å². The summed E-state index contributed by atoms with van der Waals surface area (Å²) < 4.78 is 12.9. The van der Waals surface area contributed by atoms with E-state index >= 15 is 0 Å². The fourth-order valence-electron chi connectivity index (χ4n) is 1.89. The Kier molecular flexibility index (Phi) is 6.01. The molecule has 1 N–H and O–H groups in total. The normalized spacial score (nSPS) is 10.2. The molecule has 2 aromatic rings. The predicted octanol–water partition coefficient (Wildman–Crippen LogP) is 3.78. The Bertz CT molecular complexity index is 692. The largest absolute Gasteiger partial charge is 0.332 e. The van der Waals surface area contributed by atoms with Crippen molar-refractivity contribution in [1.82, 2.24) is 4.90 Å². The molecule has 0 atom stereocenters. The SMILES string of the molecule is CN(CC(=O)Nc1ccc(SCl)cc1)C(=O)c1ccc(F)cc1. The minimum atomic E-state index is -0.416. The van der Waals surface area contributed by atoms with Crippen molar-refractivity contribution < 1.29 is 14.0 Å². The maximum atomic E-state index is 12.9. The van der Waals surface area contributed by atoms with Crippen LogP contribution in [0.15, 0.2) is 53.4 Å². The van der Waals surface area contributed by atoms with Crippen molar-refractivity contribution in [3.63, 3.8) is 0 Å². The highest BCUT2D eigenvalue weighted by Gasteiger charge is 2.15. The van der Waals surface area contributed by atoms with Crippen LogP contribution in [0.5, 0.6) is 0 Å². The molecular weight excluding hydrogens is 339 g/mol. The van der Waals surface area contributed by atoms with Gasteiger partial charge in [-0.25, -0.2) is 4.39 Å². The second-order valence-electron chi connectivity index (χ2n) is 4.82. The molecule has 2 rings (SSSR count). The number of likely N-dealkylation sites (N-methyl/N-ethyl adjacent to an activating group) is 1. The van der Waals surface area contributed by atoms with Gasteiger partial charge in [-0.2, -0.15) is 0 Å². The van der Waals surface area contributed by atoms with Gasteiger partial charge in [0.1, 0.15) is 5.82 Å². The molecule has 0 radical (unpaired) electrons. The minimum Gasteiger partial charge on any atom is -0.332 e. The van der Waals surface area contributed by atoms with Crippen LogP contribution < -0.4 is 5.32 Å². The number of hydrogen-bond acceptors (Lipinski definition) is 3. The molecule has 0 aliphatic rings. The Morgan fingerprint density at radius 3 is 2.30 bits per heavy atom. The lowest BCUT2D eigenvalue weighted by Crippen LogP contribution is -2.34. The van der Waals surface area contributed by atoms with Crippen molar-refractivity contribution >= 4 is 39.2 Å². The van der Waals surface area contributed by atoms with E-state index < -0.39 is 5.82 Å². The average Bonchev–Trinajstić information content (AvgIpc) is 2.55. The van der Waals surface area contributed by atoms with Crippen LogP contribution in [-0.4, -0.2) is 30.3 Å². The molecular formula is C16H14ClFN2O2S. The van der Waals surface area contributed by atoms with Crippen molar-refractivity contribution in [2.45, 2.75) is 4.90 Å². The number of carbonyl (C=O) groups excluding carboxylic acids is 2. The number of amides is 2. The molecule has 2 amide bonds. The molecule has 0 heterocycles. The summed E-state index contributed by atoms with van der Waals surface area (Å²) in [5, 5.41) is 2.69. The van der Waals surface area contributed by atoms with Gasteiger partial charge in [0.15, 0.2) is 0 Å². The molecule has 0 spiro atoms. The van der Waals surface area contributed by atoms with Crippen LogP contribution in [0.1, 0.15) is 10.4 Å². The summed E-state index contributed by atoms with van der Waals surface area (Å²) in [5.41, 5.74) is 0.942. The lowest BCUT2D eigenvalue weighted by atomic mass is 10.2. The van der Waals surface area contributed by atoms with E-state index in [4.69, 9.17) is 10.7 Å². The number of carbonyl (C=O) groups is 2. The molecule has 0 unspecified atom stereocenters. The highest BCUT2D eigenvalue weighted by atomic mass is 35.7. The molecule has 0 aromatic heterocycles. The van der Waals surface area contributed by atoms with E-state index in [9.17, 15) is 14.0 Å². The molecule has 0 aliphatic heterocycles. The van der Waals surface area contributed by atoms with Crippen LogP contribution in [0.4, 0.5) is 10.1 Å². The molecule has 23 heavy (non-hydrogen) atoms. The maximum absolute atomic E-state index is 12.9. The van der Waals surface area contributed by atoms with Crippen molar-refractivity contribution in [1.29, 1.82) is 0 Å². The smallest absolute Gasteiger partial charge is 0.254 e. The van der Waals surface area contributed by atoms with Gasteiger partial charge in [0, 0.05) is 23.2 Å². The molecule has 4 nitrogen and oxygen atoms in total. The Labute approximate surface area is 142 Å². The van der Waals surface area contributed by atoms with Crippen molar-refractivity contribution in [3.05, 3.63) is 59.9 Å². The monoisotopic (exact) mass is 352 g/mol. The molecule has 7 heteroatoms. The van der Waals surface area contributed by atoms with Crippen LogP contribution in [0.2, 0.25) is 0 Å². The topological polar surface area (TPSA) is 49.4 Å². The molecule has 0 saturated carbocycles. The molecule has 2 aromatic carbocycles. The van der Waals surface area contributed by atoms with Gasteiger partial charge in [-0.3, -0.25) is 9.59 Å². The second-order valence-corrected chi connectivity index (χ2v) is 5.91. The zero-order chi connectivity index (χ0) is 16.8. The minimum absolute atomic E-state index is 0.109. The number of benzene rings is 2. The van der Waals surface area contributed by atoms with Crippen LogP contribution in [0, 0.1) is 5.82 Å². The first kappa shape index (κ1) is 17.3. The van der Waals surface area contributed by atoms with Crippen LogP contribution in [-0.2, 0) is 4.79 Å². The quantitative estimate of drug-likeness (QED) is 0.890. The molecule has 120 valence electrons. The van der Waals surface area contributed by atoms with E-state index in [-0.39, 0.29) is 18.4 Å². The van der Waals surface area contributed by atoms with E-state index in [0.717, 1.165) is 15.9 Å². The Morgan fingerprint density at radius 1 is 1.13 bits per heavy atom. The third-order valence-electron chi connectivity index (χ3n) is 3.05. The first-order valence-corrected chi connectivity index (χ1v) is 8.33. The Morgan fingerprint density at radius 2 is 1.74 bits per heavy atom. The first-order chi connectivity index (χ1) is 11.0. The molecule has 0 saturated heterocycles. The number of nitrogens with one attached hydrogen (secondary N) is 1. The third kappa shape index (κ3) is 4.97. The van der Waals surface area contributed by atoms with Crippen LogP contribution >= 0.6 is 21.7 Å². The van der Waals surface area contributed by atoms with Gasteiger partial charge >= 0.3 is 0 Å². The van der Waals surface area contributed by atoms with Crippen molar-refractivity contribution in [3.8, 4) is 0 Å². The van der Waals surface area contributed by atoms with Gasteiger partial charge in [-0.05, 0) is 70.2 Å². The van der Waals surface area contributed by atoms with Gasteiger partial charge in [0.25, 0.3) is 5.91 Å². The van der Waals surface area contributed by atoms with E-state index in [1.54, 1.807) is 24.3 Å². The number of anilines is 1. The van der Waals surface area contributed by atoms with E-state index in [2.05, 4.69) is 5.32 Å². The fraction of sp³-hybridized carbons (Fsp3) is 0.125. The Balaban J connectivity index is 1.93. The summed E-state index contributed by atoms with van der Waals surface area (Å²) in [6.45, 7) is -0.109. The average molecular weight is 353 g/mol. The number of hydrogen-bond donors (Lipinski definition) is 1. The zero-order valence-corrected chi connectivity index (χ0v) is 13.8. The standard InChI is InChI=1S/C16H14ClFN2O2S/c1-20(16(22)11-2-4-12(18)5-3-11)10-15(21)19-13-6-8-14(23-17)9-7-13/h2-9H,10H2,1H3,(H,19,21). The van der Waals surface area contributed by atoms with Gasteiger partial charge < -0.3 is 10.2 Å². The summed E-state index contributed by atoms with van der Waals surface area (Å²) in [4.78, 5) is 26.2. The first-order valence-electron chi connectivity index (χ1n) is 6.69. The van der Waals surface area contributed by atoms with Gasteiger partial charge in [-0.1, -0.05) is 0 Å². The summed E-state index contributed by atoms with van der Waals surface area (Å²) in [7, 11) is 8.22. The lowest BCUT2D eigenvalue weighted by molar-refractivity contribution is -0.116. The maximum Gasteiger partial charge on any atom is 0.254 e. The van der Waals surface area contributed by atoms with Crippen molar-refractivity contribution in [2.75, 3.05) is 18.9 Å². The lowest BCUT2D eigenvalue weighted by Gasteiger charge is -2.17. The van der Waals surface area contributed by atoms with Crippen LogP contribution in [0.3, 0.4) is 0 Å². The van der Waals surface area contributed by atoms with Gasteiger partial charge in [0.2, 0.25) is 5.91 Å². The number of nitrogens with zero attached hydrogens (tertiary/aromatic N) is 1. The Hall–Kier alpha value is -2.05. The summed E-state index contributed by atoms with van der Waals surface area (Å²) >= 11 is 0. The van der Waals surface area contributed by atoms with Crippen LogP contribution in [0.25, 0.3) is 0 Å². The van der Waals surface area contributed by atoms with E-state index in [0.29, 0.717) is 11.3 Å². The molecule has 0 bridgehead atoms. The number of halogens is 2. The second kappa shape index (κ2) is 7.99. The fourth-order valence-corrected chi connectivity index (χ4v) is 2.44.